The van der Waals surface area contributed by atoms with Gasteiger partial charge in [-0.3, -0.25) is 9.59 Å². The first-order valence-corrected chi connectivity index (χ1v) is 9.35. The molecule has 9 heteroatoms. The highest BCUT2D eigenvalue weighted by Crippen LogP contribution is 2.21. The lowest BCUT2D eigenvalue weighted by Gasteiger charge is -2.30. The predicted molar refractivity (Wildman–Crippen MR) is 97.1 cm³/mol. The fourth-order valence-electron chi connectivity index (χ4n) is 2.94. The molecule has 1 saturated heterocycles. The van der Waals surface area contributed by atoms with Crippen LogP contribution in [0.25, 0.3) is 0 Å². The lowest BCUT2D eigenvalue weighted by atomic mass is 9.96. The van der Waals surface area contributed by atoms with Gasteiger partial charge in [0.15, 0.2) is 6.10 Å². The number of carbonyl (C=O) groups is 3. The Morgan fingerprint density at radius 3 is 2.52 bits per heavy atom. The molecule has 2 rings (SSSR count). The fraction of sp³-hybridized carbons (Fsp3) is 0.778. The van der Waals surface area contributed by atoms with Gasteiger partial charge in [0, 0.05) is 19.5 Å². The van der Waals surface area contributed by atoms with E-state index in [1.54, 1.807) is 32.6 Å². The Balaban J connectivity index is 1.73. The van der Waals surface area contributed by atoms with Crippen LogP contribution in [0.4, 0.5) is 4.79 Å². The van der Waals surface area contributed by atoms with Crippen LogP contribution in [0.1, 0.15) is 47.0 Å². The van der Waals surface area contributed by atoms with Gasteiger partial charge in [0.1, 0.15) is 11.3 Å². The molecule has 1 unspecified atom stereocenters. The molecule has 0 aromatic rings. The molecule has 27 heavy (non-hydrogen) atoms. The second kappa shape index (κ2) is 9.05. The molecule has 0 aromatic carbocycles. The van der Waals surface area contributed by atoms with Crippen LogP contribution in [-0.4, -0.2) is 66.5 Å². The van der Waals surface area contributed by atoms with E-state index in [0.717, 1.165) is 0 Å². The molecular weight excluding hydrogens is 354 g/mol. The number of nitrogens with one attached hydrogen (secondary N) is 1. The first kappa shape index (κ1) is 21.0. The maximum atomic E-state index is 12.6. The van der Waals surface area contributed by atoms with Gasteiger partial charge < -0.3 is 24.5 Å². The van der Waals surface area contributed by atoms with Crippen LogP contribution in [0.2, 0.25) is 0 Å². The molecule has 2 heterocycles. The minimum absolute atomic E-state index is 0.151. The third kappa shape index (κ3) is 6.41. The normalized spacial score (nSPS) is 20.5. The van der Waals surface area contributed by atoms with Crippen LogP contribution < -0.4 is 5.32 Å². The first-order valence-electron chi connectivity index (χ1n) is 9.35. The maximum absolute atomic E-state index is 12.6. The molecule has 152 valence electrons. The van der Waals surface area contributed by atoms with Crippen molar-refractivity contribution in [3.05, 3.63) is 0 Å². The van der Waals surface area contributed by atoms with Crippen LogP contribution in [-0.2, 0) is 23.9 Å². The van der Waals surface area contributed by atoms with Gasteiger partial charge in [-0.2, -0.15) is 0 Å². The van der Waals surface area contributed by atoms with E-state index >= 15 is 0 Å². The predicted octanol–water partition coefficient (Wildman–Crippen LogP) is 1.46. The molecule has 0 aromatic heterocycles. The molecule has 1 fully saturated rings. The number of nitrogens with zero attached hydrogens (tertiary/aromatic N) is 2. The van der Waals surface area contributed by atoms with Crippen LogP contribution in [0.5, 0.6) is 0 Å². The SMILES string of the molecule is CCOC(=O)C1CCN(C(=O)C2=NOC(CNC(=O)OC(C)(C)C)C2)CC1. The molecule has 0 aliphatic carbocycles. The van der Waals surface area contributed by atoms with Crippen molar-refractivity contribution in [1.82, 2.24) is 10.2 Å². The minimum Gasteiger partial charge on any atom is -0.466 e. The van der Waals surface area contributed by atoms with Crippen LogP contribution in [0.15, 0.2) is 5.16 Å². The van der Waals surface area contributed by atoms with Crippen molar-refractivity contribution >= 4 is 23.7 Å². The number of ether oxygens (including phenoxy) is 2. The first-order chi connectivity index (χ1) is 12.7. The number of esters is 1. The quantitative estimate of drug-likeness (QED) is 0.721. The zero-order chi connectivity index (χ0) is 20.0. The van der Waals surface area contributed by atoms with E-state index in [2.05, 4.69) is 10.5 Å². The summed E-state index contributed by atoms with van der Waals surface area (Å²) >= 11 is 0. The molecule has 0 spiro atoms. The second-order valence-corrected chi connectivity index (χ2v) is 7.67. The average molecular weight is 383 g/mol. The van der Waals surface area contributed by atoms with E-state index in [-0.39, 0.29) is 24.3 Å². The van der Waals surface area contributed by atoms with Crippen molar-refractivity contribution in [2.45, 2.75) is 58.7 Å². The summed E-state index contributed by atoms with van der Waals surface area (Å²) in [5, 5.41) is 6.48. The van der Waals surface area contributed by atoms with Crippen LogP contribution in [0, 0.1) is 5.92 Å². The summed E-state index contributed by atoms with van der Waals surface area (Å²) in [6, 6.07) is 0. The summed E-state index contributed by atoms with van der Waals surface area (Å²) in [5.74, 6) is -0.530. The van der Waals surface area contributed by atoms with E-state index in [1.165, 1.54) is 0 Å². The summed E-state index contributed by atoms with van der Waals surface area (Å²) in [5.41, 5.74) is -0.242. The van der Waals surface area contributed by atoms with Gasteiger partial charge in [-0.25, -0.2) is 4.79 Å². The number of hydrogen-bond donors (Lipinski definition) is 1. The number of rotatable bonds is 5. The Labute approximate surface area is 159 Å². The van der Waals surface area contributed by atoms with Crippen LogP contribution in [0.3, 0.4) is 0 Å². The Kier molecular flexibility index (Phi) is 7.04. The lowest BCUT2D eigenvalue weighted by molar-refractivity contribution is -0.150. The Hall–Kier alpha value is -2.32. The standard InChI is InChI=1S/C18H29N3O6/c1-5-25-16(23)12-6-8-21(9-7-12)15(22)14-10-13(27-20-14)11-19-17(24)26-18(2,3)4/h12-13H,5-11H2,1-4H3,(H,19,24). The maximum Gasteiger partial charge on any atom is 0.407 e. The third-order valence-corrected chi connectivity index (χ3v) is 4.25. The lowest BCUT2D eigenvalue weighted by Crippen LogP contribution is -2.44. The summed E-state index contributed by atoms with van der Waals surface area (Å²) < 4.78 is 10.2. The minimum atomic E-state index is -0.575. The second-order valence-electron chi connectivity index (χ2n) is 7.67. The summed E-state index contributed by atoms with van der Waals surface area (Å²) in [6.07, 6.45) is 0.567. The molecule has 2 aliphatic rings. The molecule has 1 N–H and O–H groups in total. The van der Waals surface area contributed by atoms with E-state index in [1.807, 2.05) is 0 Å². The zero-order valence-electron chi connectivity index (χ0n) is 16.4. The van der Waals surface area contributed by atoms with Crippen molar-refractivity contribution in [2.24, 2.45) is 11.1 Å². The van der Waals surface area contributed by atoms with E-state index < -0.39 is 17.8 Å². The Morgan fingerprint density at radius 1 is 1.26 bits per heavy atom. The van der Waals surface area contributed by atoms with Gasteiger partial charge in [0.25, 0.3) is 5.91 Å². The molecule has 0 saturated carbocycles. The number of piperidine rings is 1. The zero-order valence-corrected chi connectivity index (χ0v) is 16.4. The molecule has 0 bridgehead atoms. The smallest absolute Gasteiger partial charge is 0.407 e. The van der Waals surface area contributed by atoms with Crippen molar-refractivity contribution < 1.29 is 28.7 Å². The van der Waals surface area contributed by atoms with Gasteiger partial charge in [-0.1, -0.05) is 5.16 Å². The van der Waals surface area contributed by atoms with Gasteiger partial charge in [0.2, 0.25) is 0 Å². The largest absolute Gasteiger partial charge is 0.466 e. The Bertz CT molecular complexity index is 590. The van der Waals surface area contributed by atoms with Crippen molar-refractivity contribution in [3.63, 3.8) is 0 Å². The number of carbonyl (C=O) groups excluding carboxylic acids is 3. The third-order valence-electron chi connectivity index (χ3n) is 4.25. The topological polar surface area (TPSA) is 107 Å². The number of alkyl carbamates (subject to hydrolysis) is 1. The van der Waals surface area contributed by atoms with Crippen molar-refractivity contribution in [3.8, 4) is 0 Å². The Morgan fingerprint density at radius 2 is 1.93 bits per heavy atom. The number of amides is 2. The summed E-state index contributed by atoms with van der Waals surface area (Å²) in [6.45, 7) is 8.68. The van der Waals surface area contributed by atoms with Crippen molar-refractivity contribution in [1.29, 1.82) is 0 Å². The highest BCUT2D eigenvalue weighted by molar-refractivity contribution is 6.39. The monoisotopic (exact) mass is 383 g/mol. The number of oxime groups is 1. The fourth-order valence-corrected chi connectivity index (χ4v) is 2.94. The van der Waals surface area contributed by atoms with Gasteiger partial charge in [0.05, 0.1) is 19.1 Å². The van der Waals surface area contributed by atoms with Gasteiger partial charge >= 0.3 is 12.1 Å². The highest BCUT2D eigenvalue weighted by atomic mass is 16.6. The van der Waals surface area contributed by atoms with Gasteiger partial charge in [-0.15, -0.1) is 0 Å². The molecule has 2 amide bonds. The highest BCUT2D eigenvalue weighted by Gasteiger charge is 2.33. The number of hydrogen-bond acceptors (Lipinski definition) is 7. The van der Waals surface area contributed by atoms with E-state index in [0.29, 0.717) is 44.7 Å². The molecular formula is C18H29N3O6. The van der Waals surface area contributed by atoms with Crippen LogP contribution >= 0.6 is 0 Å². The summed E-state index contributed by atoms with van der Waals surface area (Å²) in [7, 11) is 0. The molecule has 0 radical (unpaired) electrons. The van der Waals surface area contributed by atoms with Crippen molar-refractivity contribution in [2.75, 3.05) is 26.2 Å². The van der Waals surface area contributed by atoms with E-state index in [9.17, 15) is 14.4 Å². The number of likely N-dealkylation sites (tertiary alicyclic amines) is 1. The van der Waals surface area contributed by atoms with Gasteiger partial charge in [-0.05, 0) is 40.5 Å². The molecule has 1 atom stereocenters. The average Bonchev–Trinajstić information content (AvgIpc) is 3.07. The summed E-state index contributed by atoms with van der Waals surface area (Å²) in [4.78, 5) is 42.9. The molecule has 9 nitrogen and oxygen atoms in total. The van der Waals surface area contributed by atoms with E-state index in [4.69, 9.17) is 14.3 Å². The molecule has 2 aliphatic heterocycles.